The Hall–Kier alpha value is -0.810. The van der Waals surface area contributed by atoms with Crippen molar-refractivity contribution >= 4 is 5.91 Å². The molecule has 0 heterocycles. The smallest absolute Gasteiger partial charge is 0.351 e. The highest BCUT2D eigenvalue weighted by Crippen LogP contribution is 2.22. The van der Waals surface area contributed by atoms with E-state index in [-0.39, 0.29) is 6.54 Å². The Balaban J connectivity index is 4.18. The van der Waals surface area contributed by atoms with E-state index in [1.54, 1.807) is 5.32 Å². The van der Waals surface area contributed by atoms with E-state index >= 15 is 0 Å². The Kier molecular flexibility index (Phi) is 3.28. The Morgan fingerprint density at radius 3 is 2.27 bits per heavy atom. The fraction of sp³-hybridized carbons (Fsp3) is 0.800. The number of carbonyl (C=O) groups excluding carboxylic acids is 1. The van der Waals surface area contributed by atoms with Gasteiger partial charge in [-0.15, -0.1) is 0 Å². The minimum absolute atomic E-state index is 0.0961. The molecule has 0 rings (SSSR count). The fourth-order valence-corrected chi connectivity index (χ4v) is 0.378. The van der Waals surface area contributed by atoms with Crippen LogP contribution in [0.1, 0.15) is 6.92 Å². The molecule has 0 bridgehead atoms. The highest BCUT2D eigenvalue weighted by molar-refractivity contribution is 5.83. The molecule has 0 spiro atoms. The van der Waals surface area contributed by atoms with Crippen LogP contribution in [0, 0.1) is 0 Å². The van der Waals surface area contributed by atoms with E-state index in [4.69, 9.17) is 0 Å². The Labute approximate surface area is 60.6 Å². The van der Waals surface area contributed by atoms with Crippen LogP contribution in [0.4, 0.5) is 17.6 Å². The quantitative estimate of drug-likeness (QED) is 0.634. The summed E-state index contributed by atoms with van der Waals surface area (Å²) in [5.74, 6) is -6.51. The van der Waals surface area contributed by atoms with E-state index in [9.17, 15) is 22.4 Å². The van der Waals surface area contributed by atoms with E-state index in [2.05, 4.69) is 0 Å². The number of hydrogen-bond donors (Lipinski definition) is 1. The zero-order chi connectivity index (χ0) is 9.07. The molecule has 1 amide bonds. The maximum Gasteiger partial charge on any atom is 0.383 e. The zero-order valence-electron chi connectivity index (χ0n) is 5.70. The first kappa shape index (κ1) is 10.2. The summed E-state index contributed by atoms with van der Waals surface area (Å²) in [5.41, 5.74) is 0. The SMILES string of the molecule is CCNC(=O)C(F)(F)C(F)F. The van der Waals surface area contributed by atoms with Crippen molar-refractivity contribution in [3.05, 3.63) is 0 Å². The molecule has 1 N–H and O–H groups in total. The van der Waals surface area contributed by atoms with Crippen molar-refractivity contribution in [1.29, 1.82) is 0 Å². The van der Waals surface area contributed by atoms with Crippen LogP contribution < -0.4 is 5.32 Å². The lowest BCUT2D eigenvalue weighted by molar-refractivity contribution is -0.169. The van der Waals surface area contributed by atoms with Gasteiger partial charge in [0, 0.05) is 6.54 Å². The summed E-state index contributed by atoms with van der Waals surface area (Å²) in [5, 5.41) is 1.60. The van der Waals surface area contributed by atoms with Crippen molar-refractivity contribution in [3.63, 3.8) is 0 Å². The highest BCUT2D eigenvalue weighted by atomic mass is 19.3. The number of nitrogens with one attached hydrogen (secondary N) is 1. The Morgan fingerprint density at radius 1 is 1.55 bits per heavy atom. The summed E-state index contributed by atoms with van der Waals surface area (Å²) in [6, 6.07) is 0. The minimum Gasteiger partial charge on any atom is -0.351 e. The van der Waals surface area contributed by atoms with Crippen molar-refractivity contribution in [2.45, 2.75) is 19.3 Å². The van der Waals surface area contributed by atoms with E-state index in [1.165, 1.54) is 6.92 Å². The molecule has 0 saturated carbocycles. The maximum absolute atomic E-state index is 12.0. The number of carbonyl (C=O) groups is 1. The summed E-state index contributed by atoms with van der Waals surface area (Å²) in [6.07, 6.45) is -3.95. The summed E-state index contributed by atoms with van der Waals surface area (Å²) in [4.78, 5) is 10.2. The second-order valence-electron chi connectivity index (χ2n) is 1.78. The van der Waals surface area contributed by atoms with E-state index in [0.717, 1.165) is 0 Å². The number of rotatable bonds is 3. The number of halogens is 4. The molecular weight excluding hydrogens is 166 g/mol. The second-order valence-corrected chi connectivity index (χ2v) is 1.78. The first-order valence-corrected chi connectivity index (χ1v) is 2.87. The predicted molar refractivity (Wildman–Crippen MR) is 29.6 cm³/mol. The number of amides is 1. The van der Waals surface area contributed by atoms with Crippen LogP contribution in [0.5, 0.6) is 0 Å². The fourth-order valence-electron chi connectivity index (χ4n) is 0.378. The van der Waals surface area contributed by atoms with E-state index in [0.29, 0.717) is 0 Å². The third-order valence-corrected chi connectivity index (χ3v) is 0.914. The van der Waals surface area contributed by atoms with Crippen molar-refractivity contribution < 1.29 is 22.4 Å². The molecule has 0 aliphatic rings. The molecule has 0 aliphatic heterocycles. The average Bonchev–Trinajstić information content (AvgIpc) is 1.88. The minimum atomic E-state index is -4.57. The van der Waals surface area contributed by atoms with Gasteiger partial charge in [0.05, 0.1) is 0 Å². The standard InChI is InChI=1S/C5H7F4NO/c1-2-10-4(11)5(8,9)3(6)7/h3H,2H2,1H3,(H,10,11). The van der Waals surface area contributed by atoms with Crippen LogP contribution >= 0.6 is 0 Å². The van der Waals surface area contributed by atoms with Gasteiger partial charge in [-0.3, -0.25) is 4.79 Å². The molecule has 0 fully saturated rings. The molecule has 66 valence electrons. The molecule has 11 heavy (non-hydrogen) atoms. The molecular formula is C5H7F4NO. The lowest BCUT2D eigenvalue weighted by Crippen LogP contribution is -2.45. The predicted octanol–water partition coefficient (Wildman–Crippen LogP) is 1.02. The molecule has 0 aliphatic carbocycles. The Morgan fingerprint density at radius 2 is 2.00 bits per heavy atom. The molecule has 0 atom stereocenters. The van der Waals surface area contributed by atoms with Crippen LogP contribution in [0.2, 0.25) is 0 Å². The van der Waals surface area contributed by atoms with Crippen molar-refractivity contribution in [3.8, 4) is 0 Å². The molecule has 0 aromatic rings. The van der Waals surface area contributed by atoms with Gasteiger partial charge in [-0.05, 0) is 6.92 Å². The monoisotopic (exact) mass is 173 g/mol. The van der Waals surface area contributed by atoms with Gasteiger partial charge in [-0.25, -0.2) is 8.78 Å². The molecule has 0 radical (unpaired) electrons. The Bertz CT molecular complexity index is 147. The topological polar surface area (TPSA) is 29.1 Å². The van der Waals surface area contributed by atoms with Crippen molar-refractivity contribution in [2.24, 2.45) is 0 Å². The van der Waals surface area contributed by atoms with Crippen LogP contribution in [0.15, 0.2) is 0 Å². The molecule has 0 saturated heterocycles. The van der Waals surface area contributed by atoms with Crippen LogP contribution in [-0.4, -0.2) is 24.8 Å². The normalized spacial score (nSPS) is 11.8. The lowest BCUT2D eigenvalue weighted by Gasteiger charge is -2.13. The van der Waals surface area contributed by atoms with Gasteiger partial charge in [0.1, 0.15) is 0 Å². The molecule has 6 heteroatoms. The van der Waals surface area contributed by atoms with E-state index < -0.39 is 18.3 Å². The van der Waals surface area contributed by atoms with Gasteiger partial charge in [0.15, 0.2) is 0 Å². The third-order valence-electron chi connectivity index (χ3n) is 0.914. The highest BCUT2D eigenvalue weighted by Gasteiger charge is 2.48. The summed E-state index contributed by atoms with van der Waals surface area (Å²) < 4.78 is 46.7. The van der Waals surface area contributed by atoms with Gasteiger partial charge in [0.25, 0.3) is 5.91 Å². The largest absolute Gasteiger partial charge is 0.383 e. The maximum atomic E-state index is 12.0. The average molecular weight is 173 g/mol. The number of alkyl halides is 4. The summed E-state index contributed by atoms with van der Waals surface area (Å²) >= 11 is 0. The van der Waals surface area contributed by atoms with Gasteiger partial charge >= 0.3 is 12.3 Å². The molecule has 0 unspecified atom stereocenters. The molecule has 0 aromatic heterocycles. The summed E-state index contributed by atoms with van der Waals surface area (Å²) in [6.45, 7) is 1.26. The van der Waals surface area contributed by atoms with Crippen LogP contribution in [-0.2, 0) is 4.79 Å². The van der Waals surface area contributed by atoms with Gasteiger partial charge in [-0.1, -0.05) is 0 Å². The van der Waals surface area contributed by atoms with Crippen molar-refractivity contribution in [1.82, 2.24) is 5.32 Å². The number of hydrogen-bond acceptors (Lipinski definition) is 1. The van der Waals surface area contributed by atoms with Crippen molar-refractivity contribution in [2.75, 3.05) is 6.54 Å². The van der Waals surface area contributed by atoms with Gasteiger partial charge in [0.2, 0.25) is 0 Å². The summed E-state index contributed by atoms with van der Waals surface area (Å²) in [7, 11) is 0. The first-order valence-electron chi connectivity index (χ1n) is 2.87. The van der Waals surface area contributed by atoms with Gasteiger partial charge in [-0.2, -0.15) is 8.78 Å². The first-order chi connectivity index (χ1) is 4.92. The lowest BCUT2D eigenvalue weighted by atomic mass is 10.3. The van der Waals surface area contributed by atoms with Crippen LogP contribution in [0.3, 0.4) is 0 Å². The van der Waals surface area contributed by atoms with E-state index in [1.807, 2.05) is 0 Å². The molecule has 0 aromatic carbocycles. The van der Waals surface area contributed by atoms with Gasteiger partial charge < -0.3 is 5.32 Å². The second kappa shape index (κ2) is 3.54. The zero-order valence-corrected chi connectivity index (χ0v) is 5.70. The molecule has 2 nitrogen and oxygen atoms in total. The third kappa shape index (κ3) is 2.36. The van der Waals surface area contributed by atoms with Crippen LogP contribution in [0.25, 0.3) is 0 Å².